The quantitative estimate of drug-likeness (QED) is 0.632. The minimum atomic E-state index is -4.46. The fourth-order valence-corrected chi connectivity index (χ4v) is 5.74. The van der Waals surface area contributed by atoms with Gasteiger partial charge in [0.1, 0.15) is 5.82 Å². The van der Waals surface area contributed by atoms with Crippen LogP contribution < -0.4 is 5.32 Å². The Kier molecular flexibility index (Phi) is 3.90. The zero-order valence-electron chi connectivity index (χ0n) is 16.7. The van der Waals surface area contributed by atoms with E-state index < -0.39 is 30.0 Å². The van der Waals surface area contributed by atoms with Crippen LogP contribution in [0, 0.1) is 11.2 Å². The molecule has 2 atom stereocenters. The number of Topliss-reactive ketones (excluding diaryl/α,β-unsaturated/α-hetero) is 1. The van der Waals surface area contributed by atoms with Gasteiger partial charge in [-0.1, -0.05) is 26.0 Å². The first kappa shape index (κ1) is 19.5. The maximum absolute atomic E-state index is 14.6. The number of fused-ring (bicyclic) bond motifs is 5. The van der Waals surface area contributed by atoms with Crippen LogP contribution in [0.1, 0.15) is 50.7 Å². The number of rotatable bonds is 1. The number of carbonyl (C=O) groups is 1. The number of carbonyl (C=O) groups excluding carboxylic acids is 1. The van der Waals surface area contributed by atoms with E-state index in [0.29, 0.717) is 53.7 Å². The number of alkyl halides is 3. The van der Waals surface area contributed by atoms with Crippen molar-refractivity contribution in [1.82, 2.24) is 5.32 Å². The molecule has 0 bridgehead atoms. The van der Waals surface area contributed by atoms with E-state index in [1.165, 1.54) is 6.07 Å². The summed E-state index contributed by atoms with van der Waals surface area (Å²) in [4.78, 5) is 13.4. The Labute approximate surface area is 171 Å². The number of benzene rings is 1. The lowest BCUT2D eigenvalue weighted by atomic mass is 9.59. The highest BCUT2D eigenvalue weighted by Gasteiger charge is 2.58. The molecule has 158 valence electrons. The molecule has 0 saturated heterocycles. The van der Waals surface area contributed by atoms with E-state index >= 15 is 0 Å². The van der Waals surface area contributed by atoms with E-state index in [1.807, 2.05) is 13.8 Å². The molecule has 1 aromatic rings. The van der Waals surface area contributed by atoms with Crippen molar-refractivity contribution >= 4 is 5.78 Å². The number of hydrogen-bond acceptors (Lipinski definition) is 4. The maximum Gasteiger partial charge on any atom is 0.394 e. The van der Waals surface area contributed by atoms with Gasteiger partial charge in [-0.25, -0.2) is 4.39 Å². The smallest absolute Gasteiger partial charge is 0.362 e. The van der Waals surface area contributed by atoms with E-state index in [0.717, 1.165) is 0 Å². The van der Waals surface area contributed by atoms with Crippen molar-refractivity contribution in [3.05, 3.63) is 57.7 Å². The van der Waals surface area contributed by atoms with Crippen LogP contribution in [0.3, 0.4) is 0 Å². The lowest BCUT2D eigenvalue weighted by molar-refractivity contribution is -0.127. The molecule has 1 aromatic carbocycles. The molecule has 8 heteroatoms. The molecule has 4 aliphatic rings. The van der Waals surface area contributed by atoms with Crippen LogP contribution in [0.15, 0.2) is 51.0 Å². The Bertz CT molecular complexity index is 1070. The minimum Gasteiger partial charge on any atom is -0.362 e. The Morgan fingerprint density at radius 2 is 2.00 bits per heavy atom. The first-order valence-electron chi connectivity index (χ1n) is 10.0. The molecule has 0 amide bonds. The second-order valence-electron chi connectivity index (χ2n) is 9.38. The summed E-state index contributed by atoms with van der Waals surface area (Å²) in [6, 6.07) is 4.65. The lowest BCUT2D eigenvalue weighted by Gasteiger charge is -2.47. The number of allylic oxidation sites excluding steroid dienone is 3. The van der Waals surface area contributed by atoms with Crippen molar-refractivity contribution in [3.8, 4) is 0 Å². The molecule has 2 aliphatic carbocycles. The van der Waals surface area contributed by atoms with Gasteiger partial charge in [-0.3, -0.25) is 4.79 Å². The van der Waals surface area contributed by atoms with Gasteiger partial charge >= 0.3 is 6.18 Å². The van der Waals surface area contributed by atoms with Crippen molar-refractivity contribution in [2.45, 2.75) is 63.7 Å². The van der Waals surface area contributed by atoms with Gasteiger partial charge in [0.05, 0.1) is 17.5 Å². The minimum absolute atomic E-state index is 0.102. The van der Waals surface area contributed by atoms with Crippen LogP contribution in [0.5, 0.6) is 0 Å². The highest BCUT2D eigenvalue weighted by molar-refractivity contribution is 6.02. The molecule has 0 radical (unpaired) electrons. The van der Waals surface area contributed by atoms with Crippen molar-refractivity contribution in [2.24, 2.45) is 15.6 Å². The molecule has 5 rings (SSSR count). The molecule has 4 nitrogen and oxygen atoms in total. The first-order chi connectivity index (χ1) is 14.0. The molecular weight excluding hydrogens is 398 g/mol. The molecular formula is C22H21F4N3O. The van der Waals surface area contributed by atoms with Gasteiger partial charge in [0, 0.05) is 23.3 Å². The summed E-state index contributed by atoms with van der Waals surface area (Å²) in [6.07, 6.45) is -4.89. The zero-order chi connectivity index (χ0) is 21.5. The second kappa shape index (κ2) is 6.02. The molecule has 1 unspecified atom stereocenters. The van der Waals surface area contributed by atoms with E-state index in [2.05, 4.69) is 15.5 Å². The monoisotopic (exact) mass is 419 g/mol. The Morgan fingerprint density at radius 3 is 2.73 bits per heavy atom. The van der Waals surface area contributed by atoms with Gasteiger partial charge in [0.25, 0.3) is 0 Å². The van der Waals surface area contributed by atoms with Crippen molar-refractivity contribution < 1.29 is 22.4 Å². The highest BCUT2D eigenvalue weighted by atomic mass is 19.4. The largest absolute Gasteiger partial charge is 0.394 e. The van der Waals surface area contributed by atoms with Crippen LogP contribution in [-0.2, 0) is 16.6 Å². The second-order valence-corrected chi connectivity index (χ2v) is 9.38. The van der Waals surface area contributed by atoms with Crippen LogP contribution in [0.25, 0.3) is 0 Å². The third kappa shape index (κ3) is 2.68. The molecule has 0 saturated carbocycles. The van der Waals surface area contributed by atoms with Gasteiger partial charge in [-0.05, 0) is 41.9 Å². The number of nitrogens with zero attached hydrogens (tertiary/aromatic N) is 2. The summed E-state index contributed by atoms with van der Waals surface area (Å²) in [7, 11) is 0. The summed E-state index contributed by atoms with van der Waals surface area (Å²) in [5.41, 5.74) is 1.03. The average Bonchev–Trinajstić information content (AvgIpc) is 3.16. The Hall–Kier alpha value is -2.51. The highest BCUT2D eigenvalue weighted by Crippen LogP contribution is 2.59. The van der Waals surface area contributed by atoms with E-state index in [-0.39, 0.29) is 16.9 Å². The van der Waals surface area contributed by atoms with Crippen molar-refractivity contribution in [1.29, 1.82) is 0 Å². The average molecular weight is 419 g/mol. The number of ketones is 1. The van der Waals surface area contributed by atoms with Crippen LogP contribution in [0.2, 0.25) is 0 Å². The summed E-state index contributed by atoms with van der Waals surface area (Å²) in [6.45, 7) is 3.98. The lowest BCUT2D eigenvalue weighted by Crippen LogP contribution is -2.51. The number of halogens is 4. The van der Waals surface area contributed by atoms with E-state index in [1.54, 1.807) is 12.1 Å². The number of nitrogens with one attached hydrogen (secondary N) is 1. The predicted octanol–water partition coefficient (Wildman–Crippen LogP) is 5.25. The topological polar surface area (TPSA) is 53.8 Å². The van der Waals surface area contributed by atoms with Crippen LogP contribution >= 0.6 is 0 Å². The standard InChI is InChI=1S/C22H21F4N3O/c1-20(2)8-14-17(16(30)10-20)21(7-6-11-12(21)4-3-5-13(11)23)18-15(9-22(24,25)26)28-29-19(18)27-14/h3-5,19,27H,6-10H2,1-2H3/t19?,21-/m0/s1. The molecule has 0 aromatic heterocycles. The van der Waals surface area contributed by atoms with Gasteiger partial charge in [0.2, 0.25) is 0 Å². The summed E-state index contributed by atoms with van der Waals surface area (Å²) in [5, 5.41) is 11.2. The third-order valence-corrected chi connectivity index (χ3v) is 6.65. The molecule has 1 spiro atoms. The first-order valence-corrected chi connectivity index (χ1v) is 10.0. The summed E-state index contributed by atoms with van der Waals surface area (Å²) < 4.78 is 54.6. The molecule has 2 heterocycles. The summed E-state index contributed by atoms with van der Waals surface area (Å²) >= 11 is 0. The predicted molar refractivity (Wildman–Crippen MR) is 101 cm³/mol. The van der Waals surface area contributed by atoms with Crippen LogP contribution in [-0.4, -0.2) is 18.1 Å². The van der Waals surface area contributed by atoms with Gasteiger partial charge in [-0.2, -0.15) is 23.4 Å². The third-order valence-electron chi connectivity index (χ3n) is 6.65. The van der Waals surface area contributed by atoms with Gasteiger partial charge in [-0.15, -0.1) is 0 Å². The molecule has 1 N–H and O–H groups in total. The van der Waals surface area contributed by atoms with Crippen molar-refractivity contribution in [3.63, 3.8) is 0 Å². The van der Waals surface area contributed by atoms with Gasteiger partial charge < -0.3 is 5.32 Å². The zero-order valence-corrected chi connectivity index (χ0v) is 16.7. The maximum atomic E-state index is 14.6. The van der Waals surface area contributed by atoms with Gasteiger partial charge in [0.15, 0.2) is 11.9 Å². The Morgan fingerprint density at radius 1 is 1.23 bits per heavy atom. The molecule has 30 heavy (non-hydrogen) atoms. The fourth-order valence-electron chi connectivity index (χ4n) is 5.74. The SMILES string of the molecule is CC1(C)CC(=O)C2=C(C1)NC1N=NC(CC(F)(F)F)=C1[C@]21CCc2c(F)cccc21. The van der Waals surface area contributed by atoms with Crippen LogP contribution in [0.4, 0.5) is 17.6 Å². The number of azo groups is 1. The van der Waals surface area contributed by atoms with E-state index in [4.69, 9.17) is 0 Å². The molecule has 2 aliphatic heterocycles. The number of hydrogen-bond donors (Lipinski definition) is 1. The normalized spacial score (nSPS) is 29.3. The fraction of sp³-hybridized carbons (Fsp3) is 0.500. The molecule has 0 fully saturated rings. The summed E-state index contributed by atoms with van der Waals surface area (Å²) in [5.74, 6) is -0.495. The van der Waals surface area contributed by atoms with E-state index in [9.17, 15) is 22.4 Å². The Balaban J connectivity index is 1.81. The van der Waals surface area contributed by atoms with Crippen molar-refractivity contribution in [2.75, 3.05) is 0 Å².